The third-order valence-electron chi connectivity index (χ3n) is 4.94. The molecule has 8 nitrogen and oxygen atoms in total. The normalized spacial score (nSPS) is 10.7. The topological polar surface area (TPSA) is 96.6 Å². The number of H-pyrrole nitrogens is 1. The number of aryl methyl sites for hydroxylation is 1. The van der Waals surface area contributed by atoms with Crippen molar-refractivity contribution in [1.82, 2.24) is 14.6 Å². The molecule has 9 heteroatoms. The van der Waals surface area contributed by atoms with Gasteiger partial charge in [-0.15, -0.1) is 0 Å². The van der Waals surface area contributed by atoms with Gasteiger partial charge in [-0.1, -0.05) is 0 Å². The van der Waals surface area contributed by atoms with Crippen molar-refractivity contribution in [1.29, 1.82) is 5.26 Å². The van der Waals surface area contributed by atoms with Crippen molar-refractivity contribution in [3.63, 3.8) is 0 Å². The number of nitriles is 1. The summed E-state index contributed by atoms with van der Waals surface area (Å²) in [4.78, 5) is 4.68. The lowest BCUT2D eigenvalue weighted by molar-refractivity contribution is 0.324. The van der Waals surface area contributed by atoms with Crippen LogP contribution in [0.3, 0.4) is 0 Å². The molecule has 0 radical (unpaired) electrons. The van der Waals surface area contributed by atoms with Gasteiger partial charge in [0.1, 0.15) is 23.1 Å². The average molecular weight is 421 g/mol. The van der Waals surface area contributed by atoms with E-state index in [1.54, 1.807) is 41.9 Å². The second-order valence-corrected chi connectivity index (χ2v) is 6.77. The fourth-order valence-electron chi connectivity index (χ4n) is 3.40. The second-order valence-electron chi connectivity index (χ2n) is 6.77. The number of aromatic nitrogens is 3. The number of anilines is 2. The Balaban J connectivity index is 1.94. The lowest BCUT2D eigenvalue weighted by atomic mass is 10.1. The van der Waals surface area contributed by atoms with Gasteiger partial charge in [0.25, 0.3) is 0 Å². The van der Waals surface area contributed by atoms with Gasteiger partial charge in [0, 0.05) is 17.4 Å². The molecular weight excluding hydrogens is 401 g/mol. The van der Waals surface area contributed by atoms with E-state index in [9.17, 15) is 9.65 Å². The number of benzene rings is 2. The zero-order valence-corrected chi connectivity index (χ0v) is 17.4. The van der Waals surface area contributed by atoms with Gasteiger partial charge in [0.15, 0.2) is 23.0 Å². The lowest BCUT2D eigenvalue weighted by Gasteiger charge is -2.14. The van der Waals surface area contributed by atoms with Gasteiger partial charge in [0.2, 0.25) is 5.75 Å². The van der Waals surface area contributed by atoms with Crippen LogP contribution in [0.4, 0.5) is 15.9 Å². The third kappa shape index (κ3) is 3.38. The largest absolute Gasteiger partial charge is 0.493 e. The molecule has 158 valence electrons. The van der Waals surface area contributed by atoms with Gasteiger partial charge in [0.05, 0.1) is 21.3 Å². The zero-order valence-electron chi connectivity index (χ0n) is 17.4. The number of imidazole rings is 1. The molecule has 0 bridgehead atoms. The van der Waals surface area contributed by atoms with Crippen molar-refractivity contribution in [3.05, 3.63) is 53.5 Å². The first-order chi connectivity index (χ1) is 15.0. The minimum atomic E-state index is -0.291. The van der Waals surface area contributed by atoms with Crippen LogP contribution >= 0.6 is 0 Å². The summed E-state index contributed by atoms with van der Waals surface area (Å²) in [5, 5.41) is 15.8. The Morgan fingerprint density at radius 2 is 1.81 bits per heavy atom. The van der Waals surface area contributed by atoms with E-state index >= 15 is 0 Å². The molecule has 0 aliphatic rings. The summed E-state index contributed by atoms with van der Waals surface area (Å²) in [6.07, 6.45) is 1.57. The number of ether oxygens (including phenoxy) is 3. The Morgan fingerprint density at radius 1 is 1.10 bits per heavy atom. The molecule has 0 aliphatic carbocycles. The fraction of sp³-hybridized carbons (Fsp3) is 0.182. The van der Waals surface area contributed by atoms with E-state index in [1.165, 1.54) is 27.4 Å². The molecule has 0 fully saturated rings. The van der Waals surface area contributed by atoms with Crippen LogP contribution in [0.15, 0.2) is 36.5 Å². The molecule has 0 spiro atoms. The second kappa shape index (κ2) is 7.91. The number of aromatic amines is 1. The Labute approximate surface area is 177 Å². The van der Waals surface area contributed by atoms with E-state index in [1.807, 2.05) is 0 Å². The van der Waals surface area contributed by atoms with Crippen LogP contribution in [0.5, 0.6) is 17.2 Å². The van der Waals surface area contributed by atoms with Crippen LogP contribution in [-0.2, 0) is 0 Å². The van der Waals surface area contributed by atoms with Crippen LogP contribution in [-0.4, -0.2) is 35.9 Å². The number of hydrogen-bond acceptors (Lipinski definition) is 6. The summed E-state index contributed by atoms with van der Waals surface area (Å²) < 4.78 is 31.7. The summed E-state index contributed by atoms with van der Waals surface area (Å²) in [7, 11) is 4.60. The standard InChI is InChI=1S/C22H20FN5O3/c1-12-7-15(5-6-16(12)23)26-22-19(27-21-14(10-24)11-25-28(21)22)13-8-17(29-2)20(31-4)18(9-13)30-3/h5-9,11,25-26H,1-4H3. The van der Waals surface area contributed by atoms with E-state index in [4.69, 9.17) is 14.2 Å². The quantitative estimate of drug-likeness (QED) is 0.478. The number of hydrogen-bond donors (Lipinski definition) is 2. The maximum atomic E-state index is 13.7. The van der Waals surface area contributed by atoms with Gasteiger partial charge in [-0.2, -0.15) is 5.26 Å². The van der Waals surface area contributed by atoms with Crippen molar-refractivity contribution in [2.45, 2.75) is 6.92 Å². The predicted octanol–water partition coefficient (Wildman–Crippen LogP) is 4.42. The van der Waals surface area contributed by atoms with E-state index in [-0.39, 0.29) is 5.82 Å². The van der Waals surface area contributed by atoms with Gasteiger partial charge < -0.3 is 19.5 Å². The summed E-state index contributed by atoms with van der Waals surface area (Å²) in [6.45, 7) is 1.69. The van der Waals surface area contributed by atoms with Crippen molar-refractivity contribution < 1.29 is 18.6 Å². The number of methoxy groups -OCH3 is 3. The van der Waals surface area contributed by atoms with E-state index < -0.39 is 0 Å². The van der Waals surface area contributed by atoms with Crippen LogP contribution in [0, 0.1) is 24.1 Å². The summed E-state index contributed by atoms with van der Waals surface area (Å²) in [5.41, 5.74) is 3.23. The van der Waals surface area contributed by atoms with E-state index in [2.05, 4.69) is 21.5 Å². The molecule has 0 amide bonds. The van der Waals surface area contributed by atoms with Gasteiger partial charge in [-0.3, -0.25) is 5.10 Å². The monoisotopic (exact) mass is 421 g/mol. The molecule has 2 heterocycles. The lowest BCUT2D eigenvalue weighted by Crippen LogP contribution is -2.00. The van der Waals surface area contributed by atoms with E-state index in [0.29, 0.717) is 56.8 Å². The minimum Gasteiger partial charge on any atom is -0.493 e. The fourth-order valence-corrected chi connectivity index (χ4v) is 3.40. The number of halogens is 1. The highest BCUT2D eigenvalue weighted by molar-refractivity contribution is 5.83. The minimum absolute atomic E-state index is 0.291. The Kier molecular flexibility index (Phi) is 5.13. The first-order valence-corrected chi connectivity index (χ1v) is 9.34. The number of nitrogens with one attached hydrogen (secondary N) is 2. The molecule has 31 heavy (non-hydrogen) atoms. The number of rotatable bonds is 6. The zero-order chi connectivity index (χ0) is 22.1. The first-order valence-electron chi connectivity index (χ1n) is 9.34. The SMILES string of the molecule is COc1cc(-c2nc3c(C#N)c[nH]n3c2Nc2ccc(F)c(C)c2)cc(OC)c1OC. The van der Waals surface area contributed by atoms with Crippen LogP contribution in [0.1, 0.15) is 11.1 Å². The highest BCUT2D eigenvalue weighted by Gasteiger charge is 2.22. The van der Waals surface area contributed by atoms with Crippen molar-refractivity contribution >= 4 is 17.2 Å². The summed E-state index contributed by atoms with van der Waals surface area (Å²) in [5.74, 6) is 1.67. The smallest absolute Gasteiger partial charge is 0.203 e. The predicted molar refractivity (Wildman–Crippen MR) is 114 cm³/mol. The third-order valence-corrected chi connectivity index (χ3v) is 4.94. The molecule has 0 aliphatic heterocycles. The van der Waals surface area contributed by atoms with Gasteiger partial charge in [-0.05, 0) is 42.8 Å². The average Bonchev–Trinajstić information content (AvgIpc) is 3.34. The molecule has 0 atom stereocenters. The summed E-state index contributed by atoms with van der Waals surface area (Å²) in [6, 6.07) is 10.4. The van der Waals surface area contributed by atoms with Crippen LogP contribution < -0.4 is 19.5 Å². The molecular formula is C22H20FN5O3. The Morgan fingerprint density at radius 3 is 2.39 bits per heavy atom. The van der Waals surface area contributed by atoms with Crippen molar-refractivity contribution in [3.8, 4) is 34.6 Å². The molecule has 4 aromatic rings. The molecule has 2 aromatic carbocycles. The van der Waals surface area contributed by atoms with Crippen molar-refractivity contribution in [2.75, 3.05) is 26.6 Å². The van der Waals surface area contributed by atoms with Gasteiger partial charge >= 0.3 is 0 Å². The van der Waals surface area contributed by atoms with E-state index in [0.717, 1.165) is 0 Å². The molecule has 2 aromatic heterocycles. The molecule has 2 N–H and O–H groups in total. The summed E-state index contributed by atoms with van der Waals surface area (Å²) >= 11 is 0. The Hall–Kier alpha value is -4.19. The highest BCUT2D eigenvalue weighted by Crippen LogP contribution is 2.43. The van der Waals surface area contributed by atoms with Crippen molar-refractivity contribution in [2.24, 2.45) is 0 Å². The van der Waals surface area contributed by atoms with Gasteiger partial charge in [-0.25, -0.2) is 13.9 Å². The van der Waals surface area contributed by atoms with Crippen LogP contribution in [0.2, 0.25) is 0 Å². The molecule has 0 saturated heterocycles. The Bertz CT molecular complexity index is 1290. The molecule has 0 unspecified atom stereocenters. The maximum absolute atomic E-state index is 13.7. The van der Waals surface area contributed by atoms with Crippen LogP contribution in [0.25, 0.3) is 16.9 Å². The molecule has 4 rings (SSSR count). The number of fused-ring (bicyclic) bond motifs is 1. The number of nitrogens with zero attached hydrogens (tertiary/aromatic N) is 3. The molecule has 0 saturated carbocycles. The first kappa shape index (κ1) is 20.1. The highest BCUT2D eigenvalue weighted by atomic mass is 19.1. The maximum Gasteiger partial charge on any atom is 0.203 e.